The summed E-state index contributed by atoms with van der Waals surface area (Å²) in [5.74, 6) is 0. The molecule has 0 fully saturated rings. The van der Waals surface area contributed by atoms with E-state index in [1.54, 1.807) is 0 Å². The summed E-state index contributed by atoms with van der Waals surface area (Å²) >= 11 is -4.20. The molecule has 0 radical (unpaired) electrons. The molecular formula is HKNbO3. The topological polar surface area (TPSA) is 51.2 Å². The molecule has 0 saturated carbocycles. The molecule has 0 aromatic carbocycles. The van der Waals surface area contributed by atoms with Gasteiger partial charge in [0.15, 0.2) is 0 Å². The zero-order valence-corrected chi connectivity index (χ0v) is 3.87. The zero-order valence-electron chi connectivity index (χ0n) is 1.67. The molecule has 0 atom stereocenters. The Hall–Kier alpha value is 1.78. The molecule has 0 amide bonds. The van der Waals surface area contributed by atoms with Crippen LogP contribution in [0.2, 0.25) is 0 Å². The molecule has 0 unspecified atom stereocenters. The van der Waals surface area contributed by atoms with E-state index in [-0.39, 0.29) is 51.4 Å². The van der Waals surface area contributed by atoms with Crippen LogP contribution in [0.1, 0.15) is 0 Å². The van der Waals surface area contributed by atoms with E-state index in [9.17, 15) is 0 Å². The molecule has 0 aliphatic carbocycles. The predicted molar refractivity (Wildman–Crippen MR) is 9.21 cm³/mol. The fourth-order valence-corrected chi connectivity index (χ4v) is 0. The third-order valence-electron chi connectivity index (χ3n) is 0. The van der Waals surface area contributed by atoms with Crippen molar-refractivity contribution >= 4 is 51.4 Å². The van der Waals surface area contributed by atoms with Gasteiger partial charge in [0.2, 0.25) is 0 Å². The average Bonchev–Trinajstić information content (AvgIpc) is 0.811. The second-order valence-corrected chi connectivity index (χ2v) is 1.32. The maximum atomic E-state index is 8.60. The van der Waals surface area contributed by atoms with Gasteiger partial charge in [0.05, 0.1) is 0 Å². The van der Waals surface area contributed by atoms with Gasteiger partial charge in [-0.1, -0.05) is 0 Å². The fourth-order valence-electron chi connectivity index (χ4n) is 0. The second-order valence-electron chi connectivity index (χ2n) is 0.224. The minimum atomic E-state index is -4.20. The van der Waals surface area contributed by atoms with Crippen LogP contribution in [-0.2, 0) is 28.1 Å². The number of hydrogen-bond donors (Lipinski definition) is 0. The van der Waals surface area contributed by atoms with Gasteiger partial charge < -0.3 is 0 Å². The first-order valence-corrected chi connectivity index (χ1v) is 3.24. The molecule has 0 aliphatic heterocycles. The summed E-state index contributed by atoms with van der Waals surface area (Å²) in [7, 11) is 0. The molecule has 5 heavy (non-hydrogen) atoms. The molecule has 0 spiro atoms. The van der Waals surface area contributed by atoms with Crippen molar-refractivity contribution in [1.82, 2.24) is 0 Å². The van der Waals surface area contributed by atoms with E-state index >= 15 is 0 Å². The third kappa shape index (κ3) is 26.1. The van der Waals surface area contributed by atoms with E-state index in [0.29, 0.717) is 0 Å². The van der Waals surface area contributed by atoms with Gasteiger partial charge in [-0.3, -0.25) is 0 Å². The van der Waals surface area contributed by atoms with Crippen LogP contribution in [0.25, 0.3) is 0 Å². The maximum absolute atomic E-state index is 8.60. The Labute approximate surface area is 77.7 Å². The van der Waals surface area contributed by atoms with E-state index < -0.39 is 18.4 Å². The average molecular weight is 181 g/mol. The van der Waals surface area contributed by atoms with Crippen molar-refractivity contribution in [3.8, 4) is 0 Å². The van der Waals surface area contributed by atoms with Crippen LogP contribution in [0.3, 0.4) is 0 Å². The summed E-state index contributed by atoms with van der Waals surface area (Å²) in [6, 6.07) is 0. The summed E-state index contributed by atoms with van der Waals surface area (Å²) in [6.07, 6.45) is 0. The Morgan fingerprint density at radius 3 is 1.00 bits per heavy atom. The van der Waals surface area contributed by atoms with Gasteiger partial charge in [-0.15, -0.1) is 0 Å². The summed E-state index contributed by atoms with van der Waals surface area (Å²) in [5, 5.41) is 0. The molecule has 25 valence electrons. The Morgan fingerprint density at radius 2 is 1.00 bits per heavy atom. The van der Waals surface area contributed by atoms with Gasteiger partial charge >= 0.3 is 79.5 Å². The van der Waals surface area contributed by atoms with Crippen LogP contribution in [0.15, 0.2) is 0 Å². The molecule has 0 aromatic rings. The SMILES string of the molecule is [KH].[O]=[Nb](=[O])=[O]. The van der Waals surface area contributed by atoms with Gasteiger partial charge in [0, 0.05) is 0 Å². The second kappa shape index (κ2) is 5.78. The molecule has 0 N–H and O–H groups in total. The quantitative estimate of drug-likeness (QED) is 0.450. The zero-order chi connectivity index (χ0) is 3.58. The Kier molecular flexibility index (Phi) is 11.5. The molecule has 5 heteroatoms. The summed E-state index contributed by atoms with van der Waals surface area (Å²) < 4.78 is 25.8. The van der Waals surface area contributed by atoms with Crippen LogP contribution in [0.4, 0.5) is 0 Å². The van der Waals surface area contributed by atoms with Crippen LogP contribution in [-0.4, -0.2) is 51.4 Å². The molecule has 0 heterocycles. The van der Waals surface area contributed by atoms with Gasteiger partial charge in [-0.05, 0) is 0 Å². The van der Waals surface area contributed by atoms with E-state index in [1.807, 2.05) is 0 Å². The molecule has 0 aromatic heterocycles. The predicted octanol–water partition coefficient (Wildman–Crippen LogP) is -1.01. The van der Waals surface area contributed by atoms with E-state index in [1.165, 1.54) is 0 Å². The minimum absolute atomic E-state index is 0. The standard InChI is InChI=1S/K.Nb.3O.H. The first-order chi connectivity index (χ1) is 1.73. The molecule has 0 bridgehead atoms. The first kappa shape index (κ1) is 9.91. The van der Waals surface area contributed by atoms with Crippen molar-refractivity contribution < 1.29 is 28.1 Å². The monoisotopic (exact) mass is 181 g/mol. The van der Waals surface area contributed by atoms with Crippen molar-refractivity contribution in [2.75, 3.05) is 0 Å². The van der Waals surface area contributed by atoms with Gasteiger partial charge in [-0.2, -0.15) is 0 Å². The van der Waals surface area contributed by atoms with Gasteiger partial charge in [0.1, 0.15) is 0 Å². The molecule has 0 saturated heterocycles. The molecule has 0 rings (SSSR count). The summed E-state index contributed by atoms with van der Waals surface area (Å²) in [4.78, 5) is 0. The number of hydrogen-bond acceptors (Lipinski definition) is 3. The van der Waals surface area contributed by atoms with Crippen LogP contribution < -0.4 is 0 Å². The van der Waals surface area contributed by atoms with E-state index in [4.69, 9.17) is 9.75 Å². The number of rotatable bonds is 0. The van der Waals surface area contributed by atoms with Crippen molar-refractivity contribution in [1.29, 1.82) is 0 Å². The van der Waals surface area contributed by atoms with Crippen molar-refractivity contribution in [2.24, 2.45) is 0 Å². The van der Waals surface area contributed by atoms with Crippen LogP contribution in [0, 0.1) is 0 Å². The molecule has 0 aliphatic rings. The van der Waals surface area contributed by atoms with E-state index in [0.717, 1.165) is 0 Å². The van der Waals surface area contributed by atoms with Gasteiger partial charge in [0.25, 0.3) is 0 Å². The van der Waals surface area contributed by atoms with Crippen LogP contribution in [0.5, 0.6) is 0 Å². The summed E-state index contributed by atoms with van der Waals surface area (Å²) in [6.45, 7) is 0. The summed E-state index contributed by atoms with van der Waals surface area (Å²) in [5.41, 5.74) is 0. The van der Waals surface area contributed by atoms with Crippen LogP contribution >= 0.6 is 0 Å². The Balaban J connectivity index is 0. The molecular weight excluding hydrogens is 180 g/mol. The fraction of sp³-hybridized carbons (Fsp3) is 0. The molecule has 3 nitrogen and oxygen atoms in total. The van der Waals surface area contributed by atoms with Crippen molar-refractivity contribution in [3.05, 3.63) is 0 Å². The van der Waals surface area contributed by atoms with Crippen molar-refractivity contribution in [3.63, 3.8) is 0 Å². The Bertz CT molecular complexity index is 76.3. The Morgan fingerprint density at radius 1 is 1.00 bits per heavy atom. The van der Waals surface area contributed by atoms with Crippen molar-refractivity contribution in [2.45, 2.75) is 0 Å². The first-order valence-electron chi connectivity index (χ1n) is 0.548. The van der Waals surface area contributed by atoms with Gasteiger partial charge in [-0.25, -0.2) is 0 Å². The normalized spacial score (nSPS) is 4.80. The van der Waals surface area contributed by atoms with E-state index in [2.05, 4.69) is 0 Å². The third-order valence-corrected chi connectivity index (χ3v) is 0.